The van der Waals surface area contributed by atoms with Gasteiger partial charge in [-0.15, -0.1) is 23.2 Å². The summed E-state index contributed by atoms with van der Waals surface area (Å²) in [4.78, 5) is 0. The molecule has 0 bridgehead atoms. The van der Waals surface area contributed by atoms with Gasteiger partial charge in [-0.3, -0.25) is 0 Å². The molecular formula is C10H10Cl3F. The second-order valence-electron chi connectivity index (χ2n) is 3.09. The van der Waals surface area contributed by atoms with E-state index in [1.165, 1.54) is 6.07 Å². The van der Waals surface area contributed by atoms with Gasteiger partial charge in [-0.2, -0.15) is 0 Å². The molecule has 0 N–H and O–H groups in total. The third-order valence-electron chi connectivity index (χ3n) is 1.98. The van der Waals surface area contributed by atoms with Crippen LogP contribution >= 0.6 is 34.8 Å². The number of alkyl halides is 2. The highest BCUT2D eigenvalue weighted by Gasteiger charge is 2.11. The molecule has 14 heavy (non-hydrogen) atoms. The van der Waals surface area contributed by atoms with E-state index in [0.717, 1.165) is 5.56 Å². The van der Waals surface area contributed by atoms with E-state index in [1.807, 2.05) is 0 Å². The van der Waals surface area contributed by atoms with Gasteiger partial charge in [-0.25, -0.2) is 4.39 Å². The monoisotopic (exact) mass is 254 g/mol. The first-order valence-electron chi connectivity index (χ1n) is 4.23. The van der Waals surface area contributed by atoms with Crippen LogP contribution in [-0.2, 0) is 6.42 Å². The molecule has 0 fully saturated rings. The molecule has 1 aromatic rings. The molecule has 0 saturated carbocycles. The Kier molecular flexibility index (Phi) is 5.00. The fraction of sp³-hybridized carbons (Fsp3) is 0.400. The van der Waals surface area contributed by atoms with E-state index in [9.17, 15) is 4.39 Å². The molecule has 0 aliphatic heterocycles. The minimum absolute atomic E-state index is 0.137. The number of hydrogen-bond acceptors (Lipinski definition) is 0. The molecule has 0 nitrogen and oxygen atoms in total. The Morgan fingerprint density at radius 3 is 2.43 bits per heavy atom. The van der Waals surface area contributed by atoms with Crippen molar-refractivity contribution in [3.8, 4) is 0 Å². The summed E-state index contributed by atoms with van der Waals surface area (Å²) in [6.07, 6.45) is 0.615. The van der Waals surface area contributed by atoms with Crippen LogP contribution in [0.25, 0.3) is 0 Å². The Hall–Kier alpha value is 0.0200. The molecule has 0 aliphatic carbocycles. The Labute approximate surface area is 98.0 Å². The maximum atomic E-state index is 13.0. The molecule has 0 amide bonds. The predicted octanol–water partition coefficient (Wildman–Crippen LogP) is 4.12. The molecule has 1 aromatic carbocycles. The molecule has 0 unspecified atom stereocenters. The Bertz CT molecular complexity index is 297. The molecule has 0 saturated heterocycles. The molecular weight excluding hydrogens is 245 g/mol. The molecule has 0 atom stereocenters. The molecule has 0 aromatic heterocycles. The van der Waals surface area contributed by atoms with Crippen molar-refractivity contribution in [1.82, 2.24) is 0 Å². The van der Waals surface area contributed by atoms with Crippen LogP contribution in [0.5, 0.6) is 0 Å². The van der Waals surface area contributed by atoms with Crippen LogP contribution in [0, 0.1) is 11.7 Å². The zero-order chi connectivity index (χ0) is 10.6. The van der Waals surface area contributed by atoms with E-state index in [2.05, 4.69) is 0 Å². The van der Waals surface area contributed by atoms with Crippen LogP contribution in [0.1, 0.15) is 5.56 Å². The van der Waals surface area contributed by atoms with Crippen LogP contribution in [0.2, 0.25) is 5.02 Å². The maximum absolute atomic E-state index is 13.0. The summed E-state index contributed by atoms with van der Waals surface area (Å²) in [6.45, 7) is 0. The largest absolute Gasteiger partial charge is 0.205 e. The molecule has 78 valence electrons. The summed E-state index contributed by atoms with van der Waals surface area (Å²) in [7, 11) is 0. The minimum atomic E-state index is -0.396. The number of halogens is 4. The first kappa shape index (κ1) is 12.1. The lowest BCUT2D eigenvalue weighted by Crippen LogP contribution is -2.08. The maximum Gasteiger partial charge on any atom is 0.142 e. The van der Waals surface area contributed by atoms with E-state index in [4.69, 9.17) is 34.8 Å². The molecule has 0 heterocycles. The van der Waals surface area contributed by atoms with Crippen LogP contribution in [0.15, 0.2) is 18.2 Å². The van der Waals surface area contributed by atoms with Crippen molar-refractivity contribution in [3.63, 3.8) is 0 Å². The van der Waals surface area contributed by atoms with Gasteiger partial charge in [-0.05, 0) is 24.0 Å². The van der Waals surface area contributed by atoms with E-state index < -0.39 is 5.82 Å². The van der Waals surface area contributed by atoms with Crippen molar-refractivity contribution < 1.29 is 4.39 Å². The van der Waals surface area contributed by atoms with Gasteiger partial charge in [0.15, 0.2) is 0 Å². The lowest BCUT2D eigenvalue weighted by atomic mass is 10.0. The van der Waals surface area contributed by atoms with Gasteiger partial charge in [0.1, 0.15) is 5.82 Å². The Morgan fingerprint density at radius 2 is 1.86 bits per heavy atom. The SMILES string of the molecule is Fc1cccc(CC(CCl)CCl)c1Cl. The highest BCUT2D eigenvalue weighted by molar-refractivity contribution is 6.31. The number of benzene rings is 1. The van der Waals surface area contributed by atoms with Crippen LogP contribution in [0.3, 0.4) is 0 Å². The van der Waals surface area contributed by atoms with Gasteiger partial charge >= 0.3 is 0 Å². The lowest BCUT2D eigenvalue weighted by molar-refractivity contribution is 0.616. The first-order chi connectivity index (χ1) is 6.69. The van der Waals surface area contributed by atoms with E-state index in [0.29, 0.717) is 18.2 Å². The molecule has 0 radical (unpaired) electrons. The third-order valence-corrected chi connectivity index (χ3v) is 3.27. The molecule has 0 spiro atoms. The fourth-order valence-electron chi connectivity index (χ4n) is 1.17. The second-order valence-corrected chi connectivity index (χ2v) is 4.09. The van der Waals surface area contributed by atoms with Crippen molar-refractivity contribution in [2.75, 3.05) is 11.8 Å². The van der Waals surface area contributed by atoms with E-state index >= 15 is 0 Å². The van der Waals surface area contributed by atoms with Crippen LogP contribution < -0.4 is 0 Å². The van der Waals surface area contributed by atoms with Crippen molar-refractivity contribution in [2.45, 2.75) is 6.42 Å². The van der Waals surface area contributed by atoms with E-state index in [1.54, 1.807) is 12.1 Å². The van der Waals surface area contributed by atoms with Crippen molar-refractivity contribution in [3.05, 3.63) is 34.6 Å². The third kappa shape index (κ3) is 3.01. The predicted molar refractivity (Wildman–Crippen MR) is 60.0 cm³/mol. The zero-order valence-corrected chi connectivity index (χ0v) is 9.71. The second kappa shape index (κ2) is 5.79. The molecule has 0 aliphatic rings. The summed E-state index contributed by atoms with van der Waals surface area (Å²) in [5.74, 6) is 0.650. The summed E-state index contributed by atoms with van der Waals surface area (Å²) in [5, 5.41) is 0.174. The van der Waals surface area contributed by atoms with Gasteiger partial charge in [0.05, 0.1) is 5.02 Å². The fourth-order valence-corrected chi connectivity index (χ4v) is 1.92. The summed E-state index contributed by atoms with van der Waals surface area (Å²) < 4.78 is 13.0. The van der Waals surface area contributed by atoms with Crippen LogP contribution in [0.4, 0.5) is 4.39 Å². The number of rotatable bonds is 4. The topological polar surface area (TPSA) is 0 Å². The zero-order valence-electron chi connectivity index (χ0n) is 7.44. The highest BCUT2D eigenvalue weighted by Crippen LogP contribution is 2.23. The number of hydrogen-bond donors (Lipinski definition) is 0. The van der Waals surface area contributed by atoms with Gasteiger partial charge in [0.25, 0.3) is 0 Å². The van der Waals surface area contributed by atoms with E-state index in [-0.39, 0.29) is 10.9 Å². The normalized spacial score (nSPS) is 10.9. The Morgan fingerprint density at radius 1 is 1.21 bits per heavy atom. The molecule has 4 heteroatoms. The van der Waals surface area contributed by atoms with Crippen molar-refractivity contribution in [2.24, 2.45) is 5.92 Å². The molecule has 1 rings (SSSR count). The summed E-state index contributed by atoms with van der Waals surface area (Å²) >= 11 is 17.2. The Balaban J connectivity index is 2.80. The van der Waals surface area contributed by atoms with Gasteiger partial charge < -0.3 is 0 Å². The van der Waals surface area contributed by atoms with Crippen molar-refractivity contribution >= 4 is 34.8 Å². The lowest BCUT2D eigenvalue weighted by Gasteiger charge is -2.11. The van der Waals surface area contributed by atoms with Crippen LogP contribution in [-0.4, -0.2) is 11.8 Å². The standard InChI is InChI=1S/C10H10Cl3F/c11-5-7(6-12)4-8-2-1-3-9(14)10(8)13/h1-3,7H,4-6H2. The highest BCUT2D eigenvalue weighted by atomic mass is 35.5. The quantitative estimate of drug-likeness (QED) is 0.710. The van der Waals surface area contributed by atoms with Crippen molar-refractivity contribution in [1.29, 1.82) is 0 Å². The minimum Gasteiger partial charge on any atom is -0.205 e. The smallest absolute Gasteiger partial charge is 0.142 e. The van der Waals surface area contributed by atoms with Gasteiger partial charge in [0, 0.05) is 11.8 Å². The van der Waals surface area contributed by atoms with Gasteiger partial charge in [0.2, 0.25) is 0 Å². The summed E-state index contributed by atoms with van der Waals surface area (Å²) in [6, 6.07) is 4.76. The average molecular weight is 256 g/mol. The average Bonchev–Trinajstić information content (AvgIpc) is 2.20. The summed E-state index contributed by atoms with van der Waals surface area (Å²) in [5.41, 5.74) is 0.762. The first-order valence-corrected chi connectivity index (χ1v) is 5.68. The van der Waals surface area contributed by atoms with Gasteiger partial charge in [-0.1, -0.05) is 23.7 Å².